The van der Waals surface area contributed by atoms with Crippen LogP contribution in [0.25, 0.3) is 0 Å². The molecule has 1 unspecified atom stereocenters. The Bertz CT molecular complexity index is 873. The minimum Gasteiger partial charge on any atom is -0.495 e. The molecule has 2 N–H and O–H groups in total. The predicted octanol–water partition coefficient (Wildman–Crippen LogP) is 2.09. The number of benzene rings is 1. The van der Waals surface area contributed by atoms with Crippen LogP contribution in [0.3, 0.4) is 0 Å². The number of rotatable bonds is 8. The molecule has 1 heterocycles. The molecule has 1 aromatic carbocycles. The van der Waals surface area contributed by atoms with E-state index in [1.165, 1.54) is 19.2 Å². The van der Waals surface area contributed by atoms with Crippen molar-refractivity contribution in [2.75, 3.05) is 7.11 Å². The normalized spacial score (nSPS) is 15.5. The van der Waals surface area contributed by atoms with Gasteiger partial charge in [-0.3, -0.25) is 4.79 Å². The Kier molecular flexibility index (Phi) is 5.33. The highest BCUT2D eigenvalue weighted by Crippen LogP contribution is 2.28. The van der Waals surface area contributed by atoms with Crippen molar-refractivity contribution >= 4 is 15.9 Å². The zero-order valence-corrected chi connectivity index (χ0v) is 15.5. The molecule has 26 heavy (non-hydrogen) atoms. The van der Waals surface area contributed by atoms with Gasteiger partial charge in [-0.05, 0) is 50.1 Å². The fourth-order valence-electron chi connectivity index (χ4n) is 2.60. The number of hydrogen-bond acceptors (Lipinski definition) is 5. The Labute approximate surface area is 152 Å². The van der Waals surface area contributed by atoms with E-state index in [9.17, 15) is 13.2 Å². The molecule has 1 saturated carbocycles. The molecule has 1 amide bonds. The number of ether oxygens (including phenoxy) is 1. The second kappa shape index (κ2) is 7.51. The quantitative estimate of drug-likeness (QED) is 0.733. The van der Waals surface area contributed by atoms with Gasteiger partial charge in [0.15, 0.2) is 0 Å². The van der Waals surface area contributed by atoms with E-state index in [-0.39, 0.29) is 34.2 Å². The molecule has 140 valence electrons. The van der Waals surface area contributed by atoms with Crippen LogP contribution in [0, 0.1) is 0 Å². The van der Waals surface area contributed by atoms with Gasteiger partial charge in [-0.1, -0.05) is 0 Å². The van der Waals surface area contributed by atoms with Gasteiger partial charge < -0.3 is 14.5 Å². The van der Waals surface area contributed by atoms with Crippen LogP contribution in [-0.2, 0) is 16.4 Å². The molecule has 8 heteroatoms. The molecule has 2 aromatic rings. The zero-order chi connectivity index (χ0) is 18.7. The van der Waals surface area contributed by atoms with Crippen molar-refractivity contribution in [2.24, 2.45) is 0 Å². The fraction of sp³-hybridized carbons (Fsp3) is 0.389. The highest BCUT2D eigenvalue weighted by molar-refractivity contribution is 7.89. The highest BCUT2D eigenvalue weighted by Gasteiger charge is 2.30. The van der Waals surface area contributed by atoms with Crippen LogP contribution in [0.2, 0.25) is 0 Å². The summed E-state index contributed by atoms with van der Waals surface area (Å²) in [6.07, 6.45) is 3.78. The average molecular weight is 378 g/mol. The minimum atomic E-state index is -3.74. The van der Waals surface area contributed by atoms with E-state index in [2.05, 4.69) is 10.0 Å². The van der Waals surface area contributed by atoms with Gasteiger partial charge >= 0.3 is 0 Å². The summed E-state index contributed by atoms with van der Waals surface area (Å²) >= 11 is 0. The second-order valence-corrected chi connectivity index (χ2v) is 8.10. The van der Waals surface area contributed by atoms with Gasteiger partial charge in [0.05, 0.1) is 13.4 Å². The van der Waals surface area contributed by atoms with Crippen molar-refractivity contribution in [3.63, 3.8) is 0 Å². The number of hydrogen-bond donors (Lipinski definition) is 2. The third-order valence-electron chi connectivity index (χ3n) is 4.08. The first-order valence-electron chi connectivity index (χ1n) is 8.42. The minimum absolute atomic E-state index is 0.0294. The largest absolute Gasteiger partial charge is 0.495 e. The molecule has 0 saturated heterocycles. The number of carbonyl (C=O) groups excluding carboxylic acids is 1. The first kappa shape index (κ1) is 18.5. The van der Waals surface area contributed by atoms with Crippen LogP contribution in [0.15, 0.2) is 45.9 Å². The Balaban J connectivity index is 1.76. The molecule has 0 aliphatic heterocycles. The Morgan fingerprint density at radius 1 is 1.35 bits per heavy atom. The lowest BCUT2D eigenvalue weighted by atomic mass is 10.1. The van der Waals surface area contributed by atoms with Gasteiger partial charge in [0, 0.05) is 24.1 Å². The summed E-state index contributed by atoms with van der Waals surface area (Å²) in [6, 6.07) is 7.81. The SMILES string of the molecule is COc1ccc(C(=O)NC(C)Cc2ccco2)cc1S(=O)(=O)NC1CC1. The number of methoxy groups -OCH3 is 1. The third kappa shape index (κ3) is 4.44. The lowest BCUT2D eigenvalue weighted by Crippen LogP contribution is -2.34. The van der Waals surface area contributed by atoms with E-state index in [0.29, 0.717) is 6.42 Å². The maximum absolute atomic E-state index is 12.5. The van der Waals surface area contributed by atoms with Crippen molar-refractivity contribution in [3.8, 4) is 5.75 Å². The number of furan rings is 1. The van der Waals surface area contributed by atoms with Gasteiger partial charge in [0.2, 0.25) is 10.0 Å². The average Bonchev–Trinajstić information content (AvgIpc) is 3.25. The van der Waals surface area contributed by atoms with Crippen molar-refractivity contribution in [3.05, 3.63) is 47.9 Å². The van der Waals surface area contributed by atoms with Crippen molar-refractivity contribution in [1.82, 2.24) is 10.0 Å². The van der Waals surface area contributed by atoms with Crippen molar-refractivity contribution in [2.45, 2.75) is 43.2 Å². The molecular weight excluding hydrogens is 356 g/mol. The van der Waals surface area contributed by atoms with Crippen molar-refractivity contribution < 1.29 is 22.4 Å². The van der Waals surface area contributed by atoms with E-state index in [4.69, 9.17) is 9.15 Å². The summed E-state index contributed by atoms with van der Waals surface area (Å²) in [6.45, 7) is 1.86. The molecular formula is C18H22N2O5S. The molecule has 3 rings (SSSR count). The van der Waals surface area contributed by atoms with Crippen LogP contribution in [0.4, 0.5) is 0 Å². The fourth-order valence-corrected chi connectivity index (χ4v) is 4.10. The maximum Gasteiger partial charge on any atom is 0.251 e. The van der Waals surface area contributed by atoms with E-state index >= 15 is 0 Å². The lowest BCUT2D eigenvalue weighted by molar-refractivity contribution is 0.0939. The first-order valence-corrected chi connectivity index (χ1v) is 9.91. The molecule has 0 spiro atoms. The van der Waals surface area contributed by atoms with E-state index in [0.717, 1.165) is 18.6 Å². The van der Waals surface area contributed by atoms with Gasteiger partial charge in [-0.25, -0.2) is 13.1 Å². The zero-order valence-electron chi connectivity index (χ0n) is 14.7. The molecule has 0 bridgehead atoms. The summed E-state index contributed by atoms with van der Waals surface area (Å²) in [5, 5.41) is 2.85. The number of sulfonamides is 1. The van der Waals surface area contributed by atoms with Crippen LogP contribution in [-0.4, -0.2) is 33.5 Å². The van der Waals surface area contributed by atoms with Gasteiger partial charge in [0.25, 0.3) is 5.91 Å². The van der Waals surface area contributed by atoms with Gasteiger partial charge in [-0.15, -0.1) is 0 Å². The summed E-state index contributed by atoms with van der Waals surface area (Å²) < 4.78 is 38.1. The monoisotopic (exact) mass is 378 g/mol. The third-order valence-corrected chi connectivity index (χ3v) is 5.62. The maximum atomic E-state index is 12.5. The first-order chi connectivity index (χ1) is 12.4. The topological polar surface area (TPSA) is 97.6 Å². The molecule has 1 aliphatic rings. The summed E-state index contributed by atoms with van der Waals surface area (Å²) in [5.41, 5.74) is 0.258. The molecule has 7 nitrogen and oxygen atoms in total. The van der Waals surface area contributed by atoms with E-state index in [1.54, 1.807) is 18.4 Å². The second-order valence-electron chi connectivity index (χ2n) is 6.42. The molecule has 1 aliphatic carbocycles. The van der Waals surface area contributed by atoms with E-state index < -0.39 is 10.0 Å². The highest BCUT2D eigenvalue weighted by atomic mass is 32.2. The summed E-state index contributed by atoms with van der Waals surface area (Å²) in [4.78, 5) is 12.5. The summed E-state index contributed by atoms with van der Waals surface area (Å²) in [7, 11) is -2.34. The molecule has 0 radical (unpaired) electrons. The Hall–Kier alpha value is -2.32. The van der Waals surface area contributed by atoms with Crippen LogP contribution >= 0.6 is 0 Å². The molecule has 1 atom stereocenters. The van der Waals surface area contributed by atoms with Crippen LogP contribution < -0.4 is 14.8 Å². The van der Waals surface area contributed by atoms with Gasteiger partial charge in [-0.2, -0.15) is 0 Å². The van der Waals surface area contributed by atoms with Crippen LogP contribution in [0.5, 0.6) is 5.75 Å². The smallest absolute Gasteiger partial charge is 0.251 e. The Morgan fingerprint density at radius 2 is 2.12 bits per heavy atom. The standard InChI is InChI=1S/C18H22N2O5S/c1-12(10-15-4-3-9-25-15)19-18(21)13-5-8-16(24-2)17(11-13)26(22,23)20-14-6-7-14/h3-5,8-9,11-12,14,20H,6-7,10H2,1-2H3,(H,19,21). The molecule has 1 fully saturated rings. The lowest BCUT2D eigenvalue weighted by Gasteiger charge is -2.15. The number of carbonyl (C=O) groups is 1. The Morgan fingerprint density at radius 3 is 2.73 bits per heavy atom. The number of amides is 1. The van der Waals surface area contributed by atoms with Crippen molar-refractivity contribution in [1.29, 1.82) is 0 Å². The number of nitrogens with one attached hydrogen (secondary N) is 2. The predicted molar refractivity (Wildman–Crippen MR) is 95.7 cm³/mol. The molecule has 1 aromatic heterocycles. The van der Waals surface area contributed by atoms with E-state index in [1.807, 2.05) is 13.0 Å². The summed E-state index contributed by atoms with van der Waals surface area (Å²) in [5.74, 6) is 0.623. The van der Waals surface area contributed by atoms with Crippen LogP contribution in [0.1, 0.15) is 35.9 Å². The van der Waals surface area contributed by atoms with Gasteiger partial charge in [0.1, 0.15) is 16.4 Å².